The minimum Gasteiger partial charge on any atom is -0.465 e. The number of rotatable bonds is 3. The van der Waals surface area contributed by atoms with Crippen LogP contribution in [0.4, 0.5) is 20.2 Å². The Labute approximate surface area is 131 Å². The number of thiocarbonyl (C=S) groups is 1. The normalized spacial score (nSPS) is 9.95. The van der Waals surface area contributed by atoms with Gasteiger partial charge in [-0.1, -0.05) is 6.07 Å². The molecule has 0 radical (unpaired) electrons. The summed E-state index contributed by atoms with van der Waals surface area (Å²) >= 11 is 5.05. The van der Waals surface area contributed by atoms with Crippen LogP contribution in [0.1, 0.15) is 10.4 Å². The molecule has 0 atom stereocenters. The summed E-state index contributed by atoms with van der Waals surface area (Å²) in [6.07, 6.45) is 0. The molecule has 0 aliphatic heterocycles. The molecule has 0 spiro atoms. The average Bonchev–Trinajstić information content (AvgIpc) is 2.49. The first-order valence-corrected chi connectivity index (χ1v) is 6.62. The molecule has 0 bridgehead atoms. The van der Waals surface area contributed by atoms with Crippen LogP contribution in [-0.2, 0) is 4.74 Å². The molecule has 0 saturated heterocycles. The van der Waals surface area contributed by atoms with Crippen LogP contribution in [0.3, 0.4) is 0 Å². The van der Waals surface area contributed by atoms with Crippen molar-refractivity contribution in [3.05, 3.63) is 59.7 Å². The van der Waals surface area contributed by atoms with E-state index in [-0.39, 0.29) is 10.8 Å². The highest BCUT2D eigenvalue weighted by molar-refractivity contribution is 7.80. The van der Waals surface area contributed by atoms with Crippen molar-refractivity contribution in [3.63, 3.8) is 0 Å². The molecular weight excluding hydrogens is 310 g/mol. The largest absolute Gasteiger partial charge is 0.465 e. The maximum Gasteiger partial charge on any atom is 0.337 e. The van der Waals surface area contributed by atoms with E-state index in [1.165, 1.54) is 13.2 Å². The van der Waals surface area contributed by atoms with Gasteiger partial charge >= 0.3 is 5.97 Å². The van der Waals surface area contributed by atoms with Crippen LogP contribution in [0.5, 0.6) is 0 Å². The quantitative estimate of drug-likeness (QED) is 0.668. The molecule has 0 aliphatic carbocycles. The SMILES string of the molecule is COC(=O)c1cccc(NC(=S)Nc2ccc(F)cc2F)c1. The van der Waals surface area contributed by atoms with E-state index < -0.39 is 17.6 Å². The smallest absolute Gasteiger partial charge is 0.337 e. The van der Waals surface area contributed by atoms with Crippen LogP contribution in [-0.4, -0.2) is 18.2 Å². The second-order valence-electron chi connectivity index (χ2n) is 4.28. The van der Waals surface area contributed by atoms with E-state index in [4.69, 9.17) is 12.2 Å². The minimum atomic E-state index is -0.757. The van der Waals surface area contributed by atoms with Crippen molar-refractivity contribution in [3.8, 4) is 0 Å². The van der Waals surface area contributed by atoms with Crippen LogP contribution in [0.15, 0.2) is 42.5 Å². The fourth-order valence-corrected chi connectivity index (χ4v) is 1.95. The summed E-state index contributed by atoms with van der Waals surface area (Å²) in [5.41, 5.74) is 0.925. The summed E-state index contributed by atoms with van der Waals surface area (Å²) in [6.45, 7) is 0. The maximum absolute atomic E-state index is 13.5. The first-order chi connectivity index (χ1) is 10.5. The number of carbonyl (C=O) groups is 1. The monoisotopic (exact) mass is 322 g/mol. The summed E-state index contributed by atoms with van der Waals surface area (Å²) in [5.74, 6) is -1.91. The van der Waals surface area contributed by atoms with Gasteiger partial charge in [-0.2, -0.15) is 0 Å². The Kier molecular flexibility index (Phi) is 5.00. The fraction of sp³-hybridized carbons (Fsp3) is 0.0667. The van der Waals surface area contributed by atoms with Gasteiger partial charge in [0.25, 0.3) is 0 Å². The van der Waals surface area contributed by atoms with E-state index in [9.17, 15) is 13.6 Å². The van der Waals surface area contributed by atoms with Crippen LogP contribution in [0.2, 0.25) is 0 Å². The van der Waals surface area contributed by atoms with Gasteiger partial charge in [0.15, 0.2) is 5.11 Å². The molecular formula is C15H12F2N2O2S. The number of anilines is 2. The lowest BCUT2D eigenvalue weighted by Gasteiger charge is -2.12. The van der Waals surface area contributed by atoms with Crippen molar-refractivity contribution < 1.29 is 18.3 Å². The summed E-state index contributed by atoms with van der Waals surface area (Å²) in [4.78, 5) is 11.4. The lowest BCUT2D eigenvalue weighted by molar-refractivity contribution is 0.0601. The van der Waals surface area contributed by atoms with Gasteiger partial charge in [-0.05, 0) is 42.5 Å². The first kappa shape index (κ1) is 15.8. The number of hydrogen-bond donors (Lipinski definition) is 2. The molecule has 0 aromatic heterocycles. The molecule has 0 fully saturated rings. The predicted molar refractivity (Wildman–Crippen MR) is 84.0 cm³/mol. The van der Waals surface area contributed by atoms with Gasteiger partial charge in [0.2, 0.25) is 0 Å². The van der Waals surface area contributed by atoms with Crippen molar-refractivity contribution >= 4 is 34.7 Å². The third kappa shape index (κ3) is 3.98. The Bertz CT molecular complexity index is 722. The molecule has 7 heteroatoms. The Morgan fingerprint density at radius 3 is 2.59 bits per heavy atom. The average molecular weight is 322 g/mol. The zero-order chi connectivity index (χ0) is 16.1. The van der Waals surface area contributed by atoms with Gasteiger partial charge in [0.05, 0.1) is 18.4 Å². The number of benzene rings is 2. The molecule has 0 aliphatic rings. The van der Waals surface area contributed by atoms with Crippen molar-refractivity contribution in [2.45, 2.75) is 0 Å². The Balaban J connectivity index is 2.07. The highest BCUT2D eigenvalue weighted by atomic mass is 32.1. The summed E-state index contributed by atoms with van der Waals surface area (Å²) < 4.78 is 31.0. The summed E-state index contributed by atoms with van der Waals surface area (Å²) in [7, 11) is 1.28. The molecule has 0 saturated carbocycles. The number of halogens is 2. The van der Waals surface area contributed by atoms with Gasteiger partial charge in [0.1, 0.15) is 11.6 Å². The van der Waals surface area contributed by atoms with Crippen molar-refractivity contribution in [2.75, 3.05) is 17.7 Å². The van der Waals surface area contributed by atoms with Crippen molar-refractivity contribution in [1.29, 1.82) is 0 Å². The van der Waals surface area contributed by atoms with Crippen LogP contribution in [0, 0.1) is 11.6 Å². The van der Waals surface area contributed by atoms with Crippen LogP contribution < -0.4 is 10.6 Å². The second kappa shape index (κ2) is 6.95. The van der Waals surface area contributed by atoms with Gasteiger partial charge in [-0.15, -0.1) is 0 Å². The summed E-state index contributed by atoms with van der Waals surface area (Å²) in [6, 6.07) is 9.57. The number of esters is 1. The molecule has 2 N–H and O–H groups in total. The highest BCUT2D eigenvalue weighted by Gasteiger charge is 2.08. The number of ether oxygens (including phenoxy) is 1. The van der Waals surface area contributed by atoms with E-state index in [1.807, 2.05) is 0 Å². The van der Waals surface area contributed by atoms with E-state index in [0.29, 0.717) is 11.3 Å². The van der Waals surface area contributed by atoms with E-state index in [1.54, 1.807) is 24.3 Å². The number of nitrogens with one attached hydrogen (secondary N) is 2. The van der Waals surface area contributed by atoms with Crippen molar-refractivity contribution in [1.82, 2.24) is 0 Å². The lowest BCUT2D eigenvalue weighted by atomic mass is 10.2. The minimum absolute atomic E-state index is 0.0445. The summed E-state index contributed by atoms with van der Waals surface area (Å²) in [5, 5.41) is 5.52. The molecule has 0 unspecified atom stereocenters. The molecule has 4 nitrogen and oxygen atoms in total. The first-order valence-electron chi connectivity index (χ1n) is 6.21. The Morgan fingerprint density at radius 1 is 1.14 bits per heavy atom. The highest BCUT2D eigenvalue weighted by Crippen LogP contribution is 2.16. The molecule has 2 aromatic rings. The van der Waals surface area contributed by atoms with Gasteiger partial charge < -0.3 is 15.4 Å². The Hall–Kier alpha value is -2.54. The maximum atomic E-state index is 13.5. The van der Waals surface area contributed by atoms with Gasteiger partial charge in [0, 0.05) is 11.8 Å². The second-order valence-corrected chi connectivity index (χ2v) is 4.68. The van der Waals surface area contributed by atoms with Crippen molar-refractivity contribution in [2.24, 2.45) is 0 Å². The number of carbonyl (C=O) groups excluding carboxylic acids is 1. The number of methoxy groups -OCH3 is 1. The van der Waals surface area contributed by atoms with Crippen LogP contribution >= 0.6 is 12.2 Å². The fourth-order valence-electron chi connectivity index (χ4n) is 1.72. The molecule has 2 aromatic carbocycles. The zero-order valence-electron chi connectivity index (χ0n) is 11.5. The molecule has 0 heterocycles. The molecule has 114 valence electrons. The standard InChI is InChI=1S/C15H12F2N2O2S/c1-21-14(20)9-3-2-4-11(7-9)18-15(22)19-13-6-5-10(16)8-12(13)17/h2-8H,1H3,(H2,18,19,22). The van der Waals surface area contributed by atoms with E-state index in [2.05, 4.69) is 15.4 Å². The van der Waals surface area contributed by atoms with E-state index in [0.717, 1.165) is 12.1 Å². The topological polar surface area (TPSA) is 50.4 Å². The van der Waals surface area contributed by atoms with Crippen LogP contribution in [0.25, 0.3) is 0 Å². The predicted octanol–water partition coefficient (Wildman–Crippen LogP) is 3.56. The van der Waals surface area contributed by atoms with Gasteiger partial charge in [-0.25, -0.2) is 13.6 Å². The molecule has 0 amide bonds. The van der Waals surface area contributed by atoms with Gasteiger partial charge in [-0.3, -0.25) is 0 Å². The number of hydrogen-bond acceptors (Lipinski definition) is 3. The Morgan fingerprint density at radius 2 is 1.91 bits per heavy atom. The van der Waals surface area contributed by atoms with E-state index >= 15 is 0 Å². The third-order valence-electron chi connectivity index (χ3n) is 2.72. The molecule has 22 heavy (non-hydrogen) atoms. The third-order valence-corrected chi connectivity index (χ3v) is 2.92. The lowest BCUT2D eigenvalue weighted by Crippen LogP contribution is -2.20. The molecule has 2 rings (SSSR count). The zero-order valence-corrected chi connectivity index (χ0v) is 12.3.